The summed E-state index contributed by atoms with van der Waals surface area (Å²) < 4.78 is 2.44. The molecule has 1 heterocycles. The number of aromatic nitrogens is 4. The molecule has 0 saturated carbocycles. The summed E-state index contributed by atoms with van der Waals surface area (Å²) in [6.07, 6.45) is 0. The van der Waals surface area contributed by atoms with Gasteiger partial charge in [-0.3, -0.25) is 9.69 Å². The molecule has 0 fully saturated rings. The number of halogens is 1. The molecule has 0 bridgehead atoms. The Morgan fingerprint density at radius 1 is 1.15 bits per heavy atom. The van der Waals surface area contributed by atoms with Crippen LogP contribution in [0.4, 0.5) is 0 Å². The number of hydrogen-bond acceptors (Lipinski definition) is 5. The molecule has 0 atom stereocenters. The van der Waals surface area contributed by atoms with Crippen LogP contribution in [0, 0.1) is 0 Å². The first kappa shape index (κ1) is 18.8. The first-order chi connectivity index (χ1) is 13.0. The fourth-order valence-electron chi connectivity index (χ4n) is 2.63. The van der Waals surface area contributed by atoms with E-state index in [-0.39, 0.29) is 18.3 Å². The van der Waals surface area contributed by atoms with Crippen LogP contribution in [0.15, 0.2) is 53.3 Å². The van der Waals surface area contributed by atoms with E-state index in [0.29, 0.717) is 22.8 Å². The number of carbonyl (C=O) groups excluding carboxylic acids is 1. The number of rotatable bonds is 6. The van der Waals surface area contributed by atoms with Gasteiger partial charge in [0.25, 0.3) is 5.91 Å². The molecule has 1 N–H and O–H groups in total. The highest BCUT2D eigenvalue weighted by Gasteiger charge is 2.13. The predicted molar refractivity (Wildman–Crippen MR) is 102 cm³/mol. The maximum Gasteiger partial charge on any atom is 0.369 e. The van der Waals surface area contributed by atoms with Crippen LogP contribution >= 0.6 is 11.6 Å². The van der Waals surface area contributed by atoms with Crippen molar-refractivity contribution in [2.75, 3.05) is 14.1 Å². The van der Waals surface area contributed by atoms with E-state index in [1.807, 2.05) is 24.1 Å². The molecular formula is C18H19ClN6O2. The molecular weight excluding hydrogens is 368 g/mol. The smallest absolute Gasteiger partial charge is 0.355 e. The molecule has 9 heteroatoms. The molecule has 3 rings (SSSR count). The van der Waals surface area contributed by atoms with Gasteiger partial charge in [0.15, 0.2) is 0 Å². The highest BCUT2D eigenvalue weighted by molar-refractivity contribution is 6.32. The molecule has 1 amide bonds. The van der Waals surface area contributed by atoms with Crippen molar-refractivity contribution < 1.29 is 4.79 Å². The lowest BCUT2D eigenvalue weighted by molar-refractivity contribution is 0.0963. The lowest BCUT2D eigenvalue weighted by Crippen LogP contribution is -2.31. The molecule has 0 aliphatic heterocycles. The van der Waals surface area contributed by atoms with Crippen molar-refractivity contribution in [1.29, 1.82) is 0 Å². The lowest BCUT2D eigenvalue weighted by Gasteiger charge is -2.15. The number of carbonyl (C=O) groups is 1. The van der Waals surface area contributed by atoms with Gasteiger partial charge in [0.2, 0.25) is 0 Å². The van der Waals surface area contributed by atoms with E-state index >= 15 is 0 Å². The quantitative estimate of drug-likeness (QED) is 0.694. The zero-order valence-electron chi connectivity index (χ0n) is 15.0. The average molecular weight is 387 g/mol. The standard InChI is InChI=1S/C18H19ClN6O2/c1-20-17(26)14-9-7-13(8-10-14)11-23(2)12-24-18(27)25(22-21-24)16-6-4-3-5-15(16)19/h3-10H,11-12H2,1-2H3,(H,20,26). The highest BCUT2D eigenvalue weighted by atomic mass is 35.5. The first-order valence-electron chi connectivity index (χ1n) is 8.27. The van der Waals surface area contributed by atoms with Crippen LogP contribution in [0.3, 0.4) is 0 Å². The van der Waals surface area contributed by atoms with Crippen molar-refractivity contribution in [3.05, 3.63) is 75.2 Å². The Morgan fingerprint density at radius 2 is 1.85 bits per heavy atom. The van der Waals surface area contributed by atoms with Crippen molar-refractivity contribution in [1.82, 2.24) is 30.0 Å². The SMILES string of the molecule is CNC(=O)c1ccc(CN(C)Cn2nnn(-c3ccccc3Cl)c2=O)cc1. The van der Waals surface area contributed by atoms with Crippen LogP contribution < -0.4 is 11.0 Å². The van der Waals surface area contributed by atoms with Gasteiger partial charge in [-0.15, -0.1) is 0 Å². The molecule has 0 unspecified atom stereocenters. The van der Waals surface area contributed by atoms with Gasteiger partial charge < -0.3 is 5.32 Å². The summed E-state index contributed by atoms with van der Waals surface area (Å²) in [5, 5.41) is 10.8. The fraction of sp³-hybridized carbons (Fsp3) is 0.222. The first-order valence-corrected chi connectivity index (χ1v) is 8.64. The topological polar surface area (TPSA) is 85.1 Å². The summed E-state index contributed by atoms with van der Waals surface area (Å²) in [4.78, 5) is 26.0. The van der Waals surface area contributed by atoms with Crippen LogP contribution in [-0.4, -0.2) is 44.7 Å². The molecule has 140 valence electrons. The molecule has 0 aliphatic rings. The van der Waals surface area contributed by atoms with E-state index < -0.39 is 0 Å². The number of para-hydroxylation sites is 1. The van der Waals surface area contributed by atoms with Gasteiger partial charge >= 0.3 is 5.69 Å². The predicted octanol–water partition coefficient (Wildman–Crippen LogP) is 1.53. The number of hydrogen-bond donors (Lipinski definition) is 1. The normalized spacial score (nSPS) is 11.0. The van der Waals surface area contributed by atoms with Crippen LogP contribution in [0.2, 0.25) is 5.02 Å². The second-order valence-electron chi connectivity index (χ2n) is 6.06. The molecule has 0 radical (unpaired) electrons. The fourth-order valence-corrected chi connectivity index (χ4v) is 2.85. The summed E-state index contributed by atoms with van der Waals surface area (Å²) >= 11 is 6.12. The third kappa shape index (κ3) is 4.24. The van der Waals surface area contributed by atoms with Crippen molar-refractivity contribution in [2.45, 2.75) is 13.2 Å². The Bertz CT molecular complexity index is 996. The number of tetrazole rings is 1. The van der Waals surface area contributed by atoms with Crippen molar-refractivity contribution >= 4 is 17.5 Å². The second kappa shape index (κ2) is 8.15. The van der Waals surface area contributed by atoms with Crippen LogP contribution in [0.1, 0.15) is 15.9 Å². The lowest BCUT2D eigenvalue weighted by atomic mass is 10.1. The van der Waals surface area contributed by atoms with Gasteiger partial charge in [0.1, 0.15) is 6.67 Å². The zero-order chi connectivity index (χ0) is 19.4. The second-order valence-corrected chi connectivity index (χ2v) is 6.46. The molecule has 2 aromatic carbocycles. The third-order valence-corrected chi connectivity index (χ3v) is 4.31. The molecule has 27 heavy (non-hydrogen) atoms. The van der Waals surface area contributed by atoms with Gasteiger partial charge in [-0.25, -0.2) is 4.79 Å². The van der Waals surface area contributed by atoms with Crippen molar-refractivity contribution in [3.63, 3.8) is 0 Å². The highest BCUT2D eigenvalue weighted by Crippen LogP contribution is 2.16. The summed E-state index contributed by atoms with van der Waals surface area (Å²) in [6.45, 7) is 0.847. The van der Waals surface area contributed by atoms with Crippen molar-refractivity contribution in [3.8, 4) is 5.69 Å². The number of nitrogens with zero attached hydrogens (tertiary/aromatic N) is 5. The molecule has 0 aliphatic carbocycles. The van der Waals surface area contributed by atoms with E-state index in [1.165, 1.54) is 9.36 Å². The number of nitrogens with one attached hydrogen (secondary N) is 1. The van der Waals surface area contributed by atoms with Gasteiger partial charge in [-0.05, 0) is 47.3 Å². The number of amides is 1. The maximum atomic E-state index is 12.5. The zero-order valence-corrected chi connectivity index (χ0v) is 15.7. The summed E-state index contributed by atoms with van der Waals surface area (Å²) in [6, 6.07) is 14.3. The van der Waals surface area contributed by atoms with Crippen molar-refractivity contribution in [2.24, 2.45) is 0 Å². The van der Waals surface area contributed by atoms with Crippen LogP contribution in [0.25, 0.3) is 5.69 Å². The summed E-state index contributed by atoms with van der Waals surface area (Å²) in [7, 11) is 3.46. The van der Waals surface area contributed by atoms with E-state index in [1.54, 1.807) is 43.4 Å². The Morgan fingerprint density at radius 3 is 2.52 bits per heavy atom. The summed E-state index contributed by atoms with van der Waals surface area (Å²) in [5.41, 5.74) is 1.73. The average Bonchev–Trinajstić information content (AvgIpc) is 3.02. The maximum absolute atomic E-state index is 12.5. The minimum absolute atomic E-state index is 0.127. The van der Waals surface area contributed by atoms with Gasteiger partial charge in [0.05, 0.1) is 10.7 Å². The molecule has 0 saturated heterocycles. The van der Waals surface area contributed by atoms with E-state index in [4.69, 9.17) is 11.6 Å². The van der Waals surface area contributed by atoms with Gasteiger partial charge in [-0.2, -0.15) is 9.36 Å². The summed E-state index contributed by atoms with van der Waals surface area (Å²) in [5.74, 6) is -0.127. The largest absolute Gasteiger partial charge is 0.369 e. The van der Waals surface area contributed by atoms with Gasteiger partial charge in [-0.1, -0.05) is 35.9 Å². The minimum atomic E-state index is -0.370. The van der Waals surface area contributed by atoms with E-state index in [2.05, 4.69) is 15.7 Å². The molecule has 8 nitrogen and oxygen atoms in total. The van der Waals surface area contributed by atoms with Crippen LogP contribution in [0.5, 0.6) is 0 Å². The van der Waals surface area contributed by atoms with E-state index in [9.17, 15) is 9.59 Å². The Kier molecular flexibility index (Phi) is 5.68. The van der Waals surface area contributed by atoms with Crippen LogP contribution in [-0.2, 0) is 13.2 Å². The van der Waals surface area contributed by atoms with E-state index in [0.717, 1.165) is 5.56 Å². The Labute approximate surface area is 160 Å². The molecule has 3 aromatic rings. The Hall–Kier alpha value is -2.97. The van der Waals surface area contributed by atoms with Gasteiger partial charge in [0, 0.05) is 19.2 Å². The monoisotopic (exact) mass is 386 g/mol. The minimum Gasteiger partial charge on any atom is -0.355 e. The molecule has 1 aromatic heterocycles. The molecule has 0 spiro atoms. The number of benzene rings is 2. The Balaban J connectivity index is 1.70. The third-order valence-electron chi connectivity index (χ3n) is 3.99.